The summed E-state index contributed by atoms with van der Waals surface area (Å²) in [6.07, 6.45) is 1.70. The van der Waals surface area contributed by atoms with Gasteiger partial charge in [-0.15, -0.1) is 0 Å². The van der Waals surface area contributed by atoms with E-state index < -0.39 is 10.0 Å². The van der Waals surface area contributed by atoms with Gasteiger partial charge in [0.05, 0.1) is 11.4 Å². The third-order valence-electron chi connectivity index (χ3n) is 4.98. The number of aryl methyl sites for hydroxylation is 3. The first-order chi connectivity index (χ1) is 14.1. The van der Waals surface area contributed by atoms with E-state index in [1.165, 1.54) is 36.2 Å². The molecule has 0 atom stereocenters. The molecule has 0 aromatic heterocycles. The van der Waals surface area contributed by atoms with Gasteiger partial charge in [0.15, 0.2) is 0 Å². The van der Waals surface area contributed by atoms with E-state index in [1.807, 2.05) is 32.9 Å². The Labute approximate surface area is 177 Å². The Kier molecular flexibility index (Phi) is 6.28. The molecule has 2 aromatic carbocycles. The zero-order valence-electron chi connectivity index (χ0n) is 17.7. The van der Waals surface area contributed by atoms with Crippen molar-refractivity contribution in [1.82, 2.24) is 9.62 Å². The number of amides is 2. The first-order valence-corrected chi connectivity index (χ1v) is 11.3. The SMILES string of the molecule is Cc1cc(C)c(NC(=O)CN(C)C(=O)c2ccc(S(=O)(=O)NC3CC3)cc2)c(C)c1. The highest BCUT2D eigenvalue weighted by Gasteiger charge is 2.28. The molecule has 0 aliphatic heterocycles. The van der Waals surface area contributed by atoms with Gasteiger partial charge in [-0.3, -0.25) is 9.59 Å². The number of nitrogens with zero attached hydrogens (tertiary/aromatic N) is 1. The lowest BCUT2D eigenvalue weighted by Gasteiger charge is -2.19. The molecule has 0 heterocycles. The van der Waals surface area contributed by atoms with Crippen LogP contribution in [0.1, 0.15) is 39.9 Å². The maximum absolute atomic E-state index is 12.6. The Bertz CT molecular complexity index is 1050. The number of hydrogen-bond acceptors (Lipinski definition) is 4. The number of carbonyl (C=O) groups is 2. The summed E-state index contributed by atoms with van der Waals surface area (Å²) in [6.45, 7) is 5.74. The fourth-order valence-electron chi connectivity index (χ4n) is 3.33. The molecule has 8 heteroatoms. The van der Waals surface area contributed by atoms with Crippen LogP contribution in [0.25, 0.3) is 0 Å². The van der Waals surface area contributed by atoms with Crippen molar-refractivity contribution in [2.24, 2.45) is 0 Å². The van der Waals surface area contributed by atoms with Crippen LogP contribution in [0, 0.1) is 20.8 Å². The number of anilines is 1. The average Bonchev–Trinajstić information content (AvgIpc) is 3.47. The van der Waals surface area contributed by atoms with Gasteiger partial charge < -0.3 is 10.2 Å². The zero-order valence-corrected chi connectivity index (χ0v) is 18.5. The number of sulfonamides is 1. The predicted octanol–water partition coefficient (Wildman–Crippen LogP) is 2.76. The second-order valence-corrected chi connectivity index (χ2v) is 9.62. The molecule has 1 aliphatic rings. The maximum Gasteiger partial charge on any atom is 0.254 e. The highest BCUT2D eigenvalue weighted by Crippen LogP contribution is 2.23. The maximum atomic E-state index is 12.6. The van der Waals surface area contributed by atoms with Gasteiger partial charge in [0.1, 0.15) is 0 Å². The van der Waals surface area contributed by atoms with Gasteiger partial charge in [-0.25, -0.2) is 13.1 Å². The molecule has 1 fully saturated rings. The van der Waals surface area contributed by atoms with Crippen molar-refractivity contribution >= 4 is 27.5 Å². The largest absolute Gasteiger partial charge is 0.332 e. The molecule has 0 spiro atoms. The summed E-state index contributed by atoms with van der Waals surface area (Å²) < 4.78 is 27.1. The summed E-state index contributed by atoms with van der Waals surface area (Å²) in [7, 11) is -2.03. The molecule has 7 nitrogen and oxygen atoms in total. The van der Waals surface area contributed by atoms with Crippen molar-refractivity contribution in [3.63, 3.8) is 0 Å². The lowest BCUT2D eigenvalue weighted by atomic mass is 10.1. The first-order valence-electron chi connectivity index (χ1n) is 9.82. The average molecular weight is 430 g/mol. The van der Waals surface area contributed by atoms with Gasteiger partial charge in [-0.05, 0) is 69.0 Å². The van der Waals surface area contributed by atoms with Crippen molar-refractivity contribution < 1.29 is 18.0 Å². The summed E-state index contributed by atoms with van der Waals surface area (Å²) in [5.41, 5.74) is 4.12. The molecule has 30 heavy (non-hydrogen) atoms. The molecule has 0 bridgehead atoms. The molecule has 160 valence electrons. The van der Waals surface area contributed by atoms with Crippen LogP contribution in [0.15, 0.2) is 41.3 Å². The Morgan fingerprint density at radius 1 is 1.03 bits per heavy atom. The van der Waals surface area contributed by atoms with Gasteiger partial charge in [0, 0.05) is 24.3 Å². The molecule has 1 aliphatic carbocycles. The topological polar surface area (TPSA) is 95.6 Å². The Balaban J connectivity index is 1.63. The van der Waals surface area contributed by atoms with Crippen molar-refractivity contribution in [3.05, 3.63) is 58.7 Å². The van der Waals surface area contributed by atoms with E-state index >= 15 is 0 Å². The third-order valence-corrected chi connectivity index (χ3v) is 6.52. The quantitative estimate of drug-likeness (QED) is 0.707. The minimum atomic E-state index is -3.56. The van der Waals surface area contributed by atoms with Crippen LogP contribution in [0.3, 0.4) is 0 Å². The zero-order chi connectivity index (χ0) is 22.1. The van der Waals surface area contributed by atoms with Crippen LogP contribution >= 0.6 is 0 Å². The van der Waals surface area contributed by atoms with E-state index in [0.717, 1.165) is 35.2 Å². The molecule has 2 N–H and O–H groups in total. The summed E-state index contributed by atoms with van der Waals surface area (Å²) in [5, 5.41) is 2.88. The van der Waals surface area contributed by atoms with Gasteiger partial charge in [-0.2, -0.15) is 0 Å². The van der Waals surface area contributed by atoms with Crippen LogP contribution in [-0.2, 0) is 14.8 Å². The number of rotatable bonds is 7. The van der Waals surface area contributed by atoms with Gasteiger partial charge in [0.25, 0.3) is 5.91 Å². The Hall–Kier alpha value is -2.71. The fraction of sp³-hybridized carbons (Fsp3) is 0.364. The second kappa shape index (κ2) is 8.57. The minimum Gasteiger partial charge on any atom is -0.332 e. The number of carbonyl (C=O) groups excluding carboxylic acids is 2. The van der Waals surface area contributed by atoms with Gasteiger partial charge in [-0.1, -0.05) is 17.7 Å². The van der Waals surface area contributed by atoms with Crippen molar-refractivity contribution in [3.8, 4) is 0 Å². The van der Waals surface area contributed by atoms with Gasteiger partial charge in [0.2, 0.25) is 15.9 Å². The minimum absolute atomic E-state index is 0.0155. The Morgan fingerprint density at radius 3 is 2.13 bits per heavy atom. The molecule has 1 saturated carbocycles. The van der Waals surface area contributed by atoms with E-state index in [1.54, 1.807) is 0 Å². The molecule has 2 amide bonds. The van der Waals surface area contributed by atoms with Crippen LogP contribution in [0.4, 0.5) is 5.69 Å². The number of likely N-dealkylation sites (N-methyl/N-ethyl adjacent to an activating group) is 1. The monoisotopic (exact) mass is 429 g/mol. The molecule has 3 rings (SSSR count). The Morgan fingerprint density at radius 2 is 1.60 bits per heavy atom. The number of hydrogen-bond donors (Lipinski definition) is 2. The molecule has 0 saturated heterocycles. The number of benzene rings is 2. The van der Waals surface area contributed by atoms with E-state index in [-0.39, 0.29) is 29.3 Å². The van der Waals surface area contributed by atoms with E-state index in [4.69, 9.17) is 0 Å². The first kappa shape index (κ1) is 22.0. The molecular weight excluding hydrogens is 402 g/mol. The highest BCUT2D eigenvalue weighted by atomic mass is 32.2. The lowest BCUT2D eigenvalue weighted by molar-refractivity contribution is -0.116. The smallest absolute Gasteiger partial charge is 0.254 e. The summed E-state index contributed by atoms with van der Waals surface area (Å²) in [4.78, 5) is 26.5. The van der Waals surface area contributed by atoms with E-state index in [0.29, 0.717) is 5.56 Å². The molecule has 0 radical (unpaired) electrons. The van der Waals surface area contributed by atoms with Crippen molar-refractivity contribution in [2.75, 3.05) is 18.9 Å². The normalized spacial score (nSPS) is 13.7. The second-order valence-electron chi connectivity index (χ2n) is 7.90. The molecule has 2 aromatic rings. The predicted molar refractivity (Wildman–Crippen MR) is 116 cm³/mol. The lowest BCUT2D eigenvalue weighted by Crippen LogP contribution is -2.35. The van der Waals surface area contributed by atoms with Crippen LogP contribution in [0.5, 0.6) is 0 Å². The summed E-state index contributed by atoms with van der Waals surface area (Å²) in [5.74, 6) is -0.657. The van der Waals surface area contributed by atoms with Crippen LogP contribution in [-0.4, -0.2) is 44.8 Å². The van der Waals surface area contributed by atoms with Crippen molar-refractivity contribution in [2.45, 2.75) is 44.6 Å². The van der Waals surface area contributed by atoms with Crippen molar-refractivity contribution in [1.29, 1.82) is 0 Å². The van der Waals surface area contributed by atoms with Crippen LogP contribution < -0.4 is 10.0 Å². The summed E-state index contributed by atoms with van der Waals surface area (Å²) >= 11 is 0. The van der Waals surface area contributed by atoms with Gasteiger partial charge >= 0.3 is 0 Å². The summed E-state index contributed by atoms with van der Waals surface area (Å²) in [6, 6.07) is 9.74. The molecular formula is C22H27N3O4S. The van der Waals surface area contributed by atoms with E-state index in [9.17, 15) is 18.0 Å². The van der Waals surface area contributed by atoms with Crippen LogP contribution in [0.2, 0.25) is 0 Å². The molecule has 0 unspecified atom stereocenters. The third kappa shape index (κ3) is 5.25. The highest BCUT2D eigenvalue weighted by molar-refractivity contribution is 7.89. The van der Waals surface area contributed by atoms with E-state index in [2.05, 4.69) is 10.0 Å². The fourth-order valence-corrected chi connectivity index (χ4v) is 4.63. The number of nitrogens with one attached hydrogen (secondary N) is 2. The standard InChI is InChI=1S/C22H27N3O4S/c1-14-11-15(2)21(16(3)12-14)23-20(26)13-25(4)22(27)17-5-9-19(10-6-17)30(28,29)24-18-7-8-18/h5-6,9-12,18,24H,7-8,13H2,1-4H3,(H,23,26).